The second-order valence-corrected chi connectivity index (χ2v) is 7.69. The van der Waals surface area contributed by atoms with Crippen molar-refractivity contribution in [2.24, 2.45) is 5.92 Å². The zero-order valence-corrected chi connectivity index (χ0v) is 17.1. The molecule has 0 unspecified atom stereocenters. The first-order valence-electron chi connectivity index (χ1n) is 9.30. The van der Waals surface area contributed by atoms with Gasteiger partial charge in [0, 0.05) is 0 Å². The molecule has 5 nitrogen and oxygen atoms in total. The van der Waals surface area contributed by atoms with E-state index in [0.29, 0.717) is 28.3 Å². The molecule has 146 valence electrons. The molecule has 1 aliphatic rings. The zero-order valence-electron chi connectivity index (χ0n) is 16.4. The van der Waals surface area contributed by atoms with E-state index in [0.717, 1.165) is 16.0 Å². The fourth-order valence-electron chi connectivity index (χ4n) is 3.59. The van der Waals surface area contributed by atoms with E-state index in [-0.39, 0.29) is 5.92 Å². The van der Waals surface area contributed by atoms with Crippen molar-refractivity contribution in [1.29, 1.82) is 0 Å². The molecule has 0 bridgehead atoms. The third-order valence-corrected chi connectivity index (χ3v) is 5.53. The van der Waals surface area contributed by atoms with Crippen molar-refractivity contribution in [3.63, 3.8) is 0 Å². The van der Waals surface area contributed by atoms with Crippen LogP contribution in [0.5, 0.6) is 0 Å². The average molecular weight is 399 g/mol. The van der Waals surface area contributed by atoms with Crippen LogP contribution < -0.4 is 5.32 Å². The maximum absolute atomic E-state index is 13.2. The standard InChI is InChI=1S/C22H23ClN2O3/c1-5-13(3)19(20(26)24-18-14(4)10-12(2)11-17(18)23)25-21(27)15-8-6-7-9-16(15)22(25)28/h6-11,13,19H,5H2,1-4H3,(H,24,26)/t13-,19+/m0/s1. The Morgan fingerprint density at radius 1 is 1.11 bits per heavy atom. The molecular formula is C22H23ClN2O3. The maximum atomic E-state index is 13.2. The van der Waals surface area contributed by atoms with Crippen molar-refractivity contribution >= 4 is 35.0 Å². The minimum Gasteiger partial charge on any atom is -0.323 e. The van der Waals surface area contributed by atoms with Gasteiger partial charge < -0.3 is 5.32 Å². The number of imide groups is 1. The first-order valence-corrected chi connectivity index (χ1v) is 9.68. The number of carbonyl (C=O) groups excluding carboxylic acids is 3. The van der Waals surface area contributed by atoms with Gasteiger partial charge in [-0.2, -0.15) is 0 Å². The molecule has 0 saturated heterocycles. The number of nitrogens with one attached hydrogen (secondary N) is 1. The molecular weight excluding hydrogens is 376 g/mol. The Kier molecular flexibility index (Phi) is 5.57. The summed E-state index contributed by atoms with van der Waals surface area (Å²) in [5.74, 6) is -1.51. The molecule has 0 fully saturated rings. The lowest BCUT2D eigenvalue weighted by atomic mass is 9.96. The van der Waals surface area contributed by atoms with Crippen molar-refractivity contribution < 1.29 is 14.4 Å². The van der Waals surface area contributed by atoms with Crippen molar-refractivity contribution in [1.82, 2.24) is 4.90 Å². The van der Waals surface area contributed by atoms with E-state index < -0.39 is 23.8 Å². The highest BCUT2D eigenvalue weighted by atomic mass is 35.5. The second-order valence-electron chi connectivity index (χ2n) is 7.28. The van der Waals surface area contributed by atoms with Crippen molar-refractivity contribution in [2.45, 2.75) is 40.2 Å². The Morgan fingerprint density at radius 2 is 1.68 bits per heavy atom. The first-order chi connectivity index (χ1) is 13.3. The van der Waals surface area contributed by atoms with Crippen molar-refractivity contribution in [2.75, 3.05) is 5.32 Å². The van der Waals surface area contributed by atoms with E-state index in [1.807, 2.05) is 33.8 Å². The van der Waals surface area contributed by atoms with Crippen molar-refractivity contribution in [3.05, 3.63) is 63.7 Å². The molecule has 3 amide bonds. The van der Waals surface area contributed by atoms with Gasteiger partial charge in [-0.1, -0.05) is 50.1 Å². The summed E-state index contributed by atoms with van der Waals surface area (Å²) in [7, 11) is 0. The Bertz CT molecular complexity index is 912. The summed E-state index contributed by atoms with van der Waals surface area (Å²) in [6, 6.07) is 9.41. The van der Waals surface area contributed by atoms with E-state index >= 15 is 0 Å². The summed E-state index contributed by atoms with van der Waals surface area (Å²) in [5, 5.41) is 3.28. The second kappa shape index (κ2) is 7.76. The van der Waals surface area contributed by atoms with Gasteiger partial charge in [0.1, 0.15) is 6.04 Å². The lowest BCUT2D eigenvalue weighted by Crippen LogP contribution is -2.50. The predicted molar refractivity (Wildman–Crippen MR) is 110 cm³/mol. The molecule has 1 N–H and O–H groups in total. The number of anilines is 1. The van der Waals surface area contributed by atoms with Crippen LogP contribution in [0.2, 0.25) is 5.02 Å². The molecule has 0 aromatic heterocycles. The fourth-order valence-corrected chi connectivity index (χ4v) is 3.95. The molecule has 1 aliphatic heterocycles. The summed E-state index contributed by atoms with van der Waals surface area (Å²) in [5.41, 5.74) is 2.97. The van der Waals surface area contributed by atoms with Gasteiger partial charge in [0.05, 0.1) is 21.8 Å². The highest BCUT2D eigenvalue weighted by molar-refractivity contribution is 6.34. The molecule has 0 radical (unpaired) electrons. The SMILES string of the molecule is CC[C@H](C)[C@H](C(=O)Nc1c(C)cc(C)cc1Cl)N1C(=O)c2ccccc2C1=O. The number of hydrogen-bond donors (Lipinski definition) is 1. The van der Waals surface area contributed by atoms with Gasteiger partial charge in [0.2, 0.25) is 5.91 Å². The smallest absolute Gasteiger partial charge is 0.262 e. The predicted octanol–water partition coefficient (Wildman–Crippen LogP) is 4.61. The number of carbonyl (C=O) groups is 3. The van der Waals surface area contributed by atoms with Gasteiger partial charge in [0.25, 0.3) is 11.8 Å². The van der Waals surface area contributed by atoms with Gasteiger partial charge in [0.15, 0.2) is 0 Å². The number of hydrogen-bond acceptors (Lipinski definition) is 3. The molecule has 0 aliphatic carbocycles. The Balaban J connectivity index is 1.97. The topological polar surface area (TPSA) is 66.5 Å². The van der Waals surface area contributed by atoms with Crippen LogP contribution in [0.15, 0.2) is 36.4 Å². The largest absolute Gasteiger partial charge is 0.323 e. The average Bonchev–Trinajstić information content (AvgIpc) is 2.90. The quantitative estimate of drug-likeness (QED) is 0.748. The number of halogens is 1. The minimum absolute atomic E-state index is 0.216. The highest BCUT2D eigenvalue weighted by Gasteiger charge is 2.44. The molecule has 6 heteroatoms. The summed E-state index contributed by atoms with van der Waals surface area (Å²) >= 11 is 6.32. The van der Waals surface area contributed by atoms with Gasteiger partial charge in [-0.05, 0) is 49.1 Å². The Hall–Kier alpha value is -2.66. The minimum atomic E-state index is -0.922. The molecule has 28 heavy (non-hydrogen) atoms. The third-order valence-electron chi connectivity index (χ3n) is 5.24. The van der Waals surface area contributed by atoms with Crippen LogP contribution in [0, 0.1) is 19.8 Å². The van der Waals surface area contributed by atoms with Gasteiger partial charge >= 0.3 is 0 Å². The zero-order chi connectivity index (χ0) is 20.6. The van der Waals surface area contributed by atoms with E-state index in [1.165, 1.54) is 0 Å². The monoisotopic (exact) mass is 398 g/mol. The molecule has 2 atom stereocenters. The summed E-state index contributed by atoms with van der Waals surface area (Å²) in [6.45, 7) is 7.56. The van der Waals surface area contributed by atoms with Gasteiger partial charge in [-0.25, -0.2) is 0 Å². The van der Waals surface area contributed by atoms with Crippen LogP contribution >= 0.6 is 11.6 Å². The van der Waals surface area contributed by atoms with Crippen LogP contribution in [0.4, 0.5) is 5.69 Å². The maximum Gasteiger partial charge on any atom is 0.262 e. The number of nitrogens with zero attached hydrogens (tertiary/aromatic N) is 1. The van der Waals surface area contributed by atoms with E-state index in [2.05, 4.69) is 5.32 Å². The molecule has 0 spiro atoms. The number of rotatable bonds is 5. The fraction of sp³-hybridized carbons (Fsp3) is 0.318. The van der Waals surface area contributed by atoms with Crippen molar-refractivity contribution in [3.8, 4) is 0 Å². The molecule has 0 saturated carbocycles. The lowest BCUT2D eigenvalue weighted by molar-refractivity contribution is -0.121. The summed E-state index contributed by atoms with van der Waals surface area (Å²) < 4.78 is 0. The van der Waals surface area contributed by atoms with Gasteiger partial charge in [-0.15, -0.1) is 0 Å². The van der Waals surface area contributed by atoms with E-state index in [1.54, 1.807) is 30.3 Å². The van der Waals surface area contributed by atoms with Crippen LogP contribution in [0.25, 0.3) is 0 Å². The molecule has 2 aromatic rings. The Morgan fingerprint density at radius 3 is 2.18 bits per heavy atom. The molecule has 3 rings (SSSR count). The third kappa shape index (κ3) is 3.42. The molecule has 2 aromatic carbocycles. The van der Waals surface area contributed by atoms with E-state index in [4.69, 9.17) is 11.6 Å². The first kappa shape index (κ1) is 20.1. The Labute approximate surface area is 169 Å². The van der Waals surface area contributed by atoms with Crippen LogP contribution in [-0.2, 0) is 4.79 Å². The van der Waals surface area contributed by atoms with Crippen LogP contribution in [0.3, 0.4) is 0 Å². The molecule has 1 heterocycles. The van der Waals surface area contributed by atoms with Crippen LogP contribution in [0.1, 0.15) is 52.1 Å². The van der Waals surface area contributed by atoms with Gasteiger partial charge in [-0.3, -0.25) is 19.3 Å². The summed E-state index contributed by atoms with van der Waals surface area (Å²) in [4.78, 5) is 40.1. The van der Waals surface area contributed by atoms with Crippen LogP contribution in [-0.4, -0.2) is 28.7 Å². The lowest BCUT2D eigenvalue weighted by Gasteiger charge is -2.30. The highest BCUT2D eigenvalue weighted by Crippen LogP contribution is 2.31. The number of fused-ring (bicyclic) bond motifs is 1. The summed E-state index contributed by atoms with van der Waals surface area (Å²) in [6.07, 6.45) is 0.631. The number of aryl methyl sites for hydroxylation is 2. The normalized spacial score (nSPS) is 15.4. The number of benzene rings is 2. The number of amides is 3. The van der Waals surface area contributed by atoms with E-state index in [9.17, 15) is 14.4 Å².